The first-order valence-electron chi connectivity index (χ1n) is 7.45. The molecule has 0 unspecified atom stereocenters. The van der Waals surface area contributed by atoms with Crippen LogP contribution in [0.5, 0.6) is 0 Å². The molecule has 116 valence electrons. The van der Waals surface area contributed by atoms with Gasteiger partial charge in [0.2, 0.25) is 0 Å². The zero-order valence-corrected chi connectivity index (χ0v) is 12.7. The highest BCUT2D eigenvalue weighted by atomic mass is 16.6. The Morgan fingerprint density at radius 1 is 1.38 bits per heavy atom. The van der Waals surface area contributed by atoms with E-state index in [1.54, 1.807) is 13.8 Å². The van der Waals surface area contributed by atoms with E-state index in [4.69, 9.17) is 0 Å². The number of nitro groups is 1. The van der Waals surface area contributed by atoms with Crippen molar-refractivity contribution in [1.82, 2.24) is 10.3 Å². The van der Waals surface area contributed by atoms with E-state index in [1.807, 2.05) is 0 Å². The van der Waals surface area contributed by atoms with Crippen molar-refractivity contribution in [2.75, 3.05) is 6.54 Å². The number of nitrogens with one attached hydrogen (secondary N) is 1. The molecule has 1 heterocycles. The molecular weight excluding hydrogens is 270 g/mol. The largest absolute Gasteiger partial charge is 0.389 e. The third-order valence-electron chi connectivity index (χ3n) is 4.29. The van der Waals surface area contributed by atoms with E-state index in [9.17, 15) is 15.2 Å². The van der Waals surface area contributed by atoms with E-state index in [0.717, 1.165) is 25.7 Å². The highest BCUT2D eigenvalue weighted by molar-refractivity contribution is 5.47. The number of aliphatic hydroxyl groups is 1. The molecule has 1 aliphatic carbocycles. The number of nitrogens with zero attached hydrogens (tertiary/aromatic N) is 2. The molecule has 6 heteroatoms. The Bertz CT molecular complexity index is 525. The average Bonchev–Trinajstić information content (AvgIpc) is 2.42. The molecule has 2 N–H and O–H groups in total. The first kappa shape index (κ1) is 15.9. The quantitative estimate of drug-likeness (QED) is 0.643. The summed E-state index contributed by atoms with van der Waals surface area (Å²) >= 11 is 0. The monoisotopic (exact) mass is 293 g/mol. The van der Waals surface area contributed by atoms with Crippen molar-refractivity contribution in [3.05, 3.63) is 33.1 Å². The lowest BCUT2D eigenvalue weighted by Gasteiger charge is -2.32. The number of pyridine rings is 1. The van der Waals surface area contributed by atoms with Gasteiger partial charge in [-0.2, -0.15) is 0 Å². The van der Waals surface area contributed by atoms with Crippen LogP contribution in [0.25, 0.3) is 0 Å². The lowest BCUT2D eigenvalue weighted by Crippen LogP contribution is -2.42. The SMILES string of the molecule is Cc1cnc(CNCC2(O)CCCCC2)c(C)c1[N+](=O)[O-]. The van der Waals surface area contributed by atoms with Gasteiger partial charge in [0.1, 0.15) is 0 Å². The van der Waals surface area contributed by atoms with Crippen LogP contribution < -0.4 is 5.32 Å². The molecule has 1 aromatic heterocycles. The molecule has 21 heavy (non-hydrogen) atoms. The molecule has 0 radical (unpaired) electrons. The summed E-state index contributed by atoms with van der Waals surface area (Å²) in [5.41, 5.74) is 1.35. The van der Waals surface area contributed by atoms with Crippen molar-refractivity contribution in [3.8, 4) is 0 Å². The summed E-state index contributed by atoms with van der Waals surface area (Å²) in [5, 5.41) is 24.7. The summed E-state index contributed by atoms with van der Waals surface area (Å²) in [6.07, 6.45) is 6.49. The van der Waals surface area contributed by atoms with Crippen LogP contribution in [0, 0.1) is 24.0 Å². The van der Waals surface area contributed by atoms with Crippen LogP contribution in [0.2, 0.25) is 0 Å². The van der Waals surface area contributed by atoms with Crippen molar-refractivity contribution in [2.45, 2.75) is 58.1 Å². The lowest BCUT2D eigenvalue weighted by molar-refractivity contribution is -0.386. The second kappa shape index (κ2) is 6.49. The molecule has 1 saturated carbocycles. The van der Waals surface area contributed by atoms with E-state index < -0.39 is 5.60 Å². The van der Waals surface area contributed by atoms with Crippen LogP contribution in [-0.2, 0) is 6.54 Å². The summed E-state index contributed by atoms with van der Waals surface area (Å²) in [5.74, 6) is 0. The maximum absolute atomic E-state index is 11.1. The Balaban J connectivity index is 2.00. The maximum atomic E-state index is 11.1. The van der Waals surface area contributed by atoms with Gasteiger partial charge < -0.3 is 10.4 Å². The van der Waals surface area contributed by atoms with Crippen LogP contribution >= 0.6 is 0 Å². The lowest BCUT2D eigenvalue weighted by atomic mass is 9.85. The zero-order valence-electron chi connectivity index (χ0n) is 12.7. The van der Waals surface area contributed by atoms with Crippen molar-refractivity contribution < 1.29 is 10.0 Å². The summed E-state index contributed by atoms with van der Waals surface area (Å²) in [6, 6.07) is 0. The standard InChI is InChI=1S/C15H23N3O3/c1-11-8-17-13(12(2)14(11)18(20)21)9-16-10-15(19)6-4-3-5-7-15/h8,16,19H,3-7,9-10H2,1-2H3. The van der Waals surface area contributed by atoms with Gasteiger partial charge in [0, 0.05) is 30.4 Å². The van der Waals surface area contributed by atoms with E-state index >= 15 is 0 Å². The van der Waals surface area contributed by atoms with Crippen LogP contribution in [0.1, 0.15) is 48.9 Å². The molecule has 0 bridgehead atoms. The fourth-order valence-corrected chi connectivity index (χ4v) is 3.02. The average molecular weight is 293 g/mol. The van der Waals surface area contributed by atoms with E-state index in [2.05, 4.69) is 10.3 Å². The minimum absolute atomic E-state index is 0.137. The summed E-state index contributed by atoms with van der Waals surface area (Å²) in [6.45, 7) is 4.37. The van der Waals surface area contributed by atoms with Crippen molar-refractivity contribution in [3.63, 3.8) is 0 Å². The maximum Gasteiger partial charge on any atom is 0.278 e. The Morgan fingerprint density at radius 2 is 2.05 bits per heavy atom. The highest BCUT2D eigenvalue weighted by Gasteiger charge is 2.28. The predicted octanol–water partition coefficient (Wildman–Crippen LogP) is 2.39. The number of rotatable bonds is 5. The number of aryl methyl sites for hydroxylation is 1. The molecule has 0 spiro atoms. The predicted molar refractivity (Wildman–Crippen MR) is 80.1 cm³/mol. The Kier molecular flexibility index (Phi) is 4.90. The first-order chi connectivity index (χ1) is 9.93. The summed E-state index contributed by atoms with van der Waals surface area (Å²) in [7, 11) is 0. The molecule has 1 aliphatic rings. The van der Waals surface area contributed by atoms with Gasteiger partial charge in [-0.25, -0.2) is 0 Å². The van der Waals surface area contributed by atoms with Gasteiger partial charge in [0.05, 0.1) is 16.2 Å². The van der Waals surface area contributed by atoms with Crippen LogP contribution in [0.3, 0.4) is 0 Å². The highest BCUT2D eigenvalue weighted by Crippen LogP contribution is 2.28. The molecule has 0 aliphatic heterocycles. The molecule has 1 aromatic rings. The van der Waals surface area contributed by atoms with Gasteiger partial charge in [0.25, 0.3) is 5.69 Å². The first-order valence-corrected chi connectivity index (χ1v) is 7.45. The topological polar surface area (TPSA) is 88.3 Å². The molecular formula is C15H23N3O3. The van der Waals surface area contributed by atoms with Crippen LogP contribution in [0.4, 0.5) is 5.69 Å². The number of aromatic nitrogens is 1. The smallest absolute Gasteiger partial charge is 0.278 e. The minimum atomic E-state index is -0.636. The number of hydrogen-bond donors (Lipinski definition) is 2. The molecule has 0 saturated heterocycles. The zero-order chi connectivity index (χ0) is 15.5. The molecule has 2 rings (SSSR count). The fraction of sp³-hybridized carbons (Fsp3) is 0.667. The second-order valence-electron chi connectivity index (χ2n) is 6.01. The molecule has 0 atom stereocenters. The molecule has 6 nitrogen and oxygen atoms in total. The van der Waals surface area contributed by atoms with Crippen molar-refractivity contribution in [1.29, 1.82) is 0 Å². The molecule has 0 aromatic carbocycles. The van der Waals surface area contributed by atoms with E-state index in [1.165, 1.54) is 12.6 Å². The molecule has 0 amide bonds. The Morgan fingerprint density at radius 3 is 2.67 bits per heavy atom. The molecule has 1 fully saturated rings. The Labute approximate surface area is 124 Å². The third-order valence-corrected chi connectivity index (χ3v) is 4.29. The van der Waals surface area contributed by atoms with E-state index in [0.29, 0.717) is 29.9 Å². The van der Waals surface area contributed by atoms with Gasteiger partial charge >= 0.3 is 0 Å². The summed E-state index contributed by atoms with van der Waals surface area (Å²) < 4.78 is 0. The van der Waals surface area contributed by atoms with Gasteiger partial charge in [-0.3, -0.25) is 15.1 Å². The van der Waals surface area contributed by atoms with Crippen LogP contribution in [-0.4, -0.2) is 27.2 Å². The van der Waals surface area contributed by atoms with Crippen LogP contribution in [0.15, 0.2) is 6.20 Å². The van der Waals surface area contributed by atoms with Gasteiger partial charge in [0.15, 0.2) is 0 Å². The normalized spacial score (nSPS) is 17.7. The summed E-state index contributed by atoms with van der Waals surface area (Å²) in [4.78, 5) is 15.0. The van der Waals surface area contributed by atoms with E-state index in [-0.39, 0.29) is 10.6 Å². The van der Waals surface area contributed by atoms with Gasteiger partial charge in [-0.1, -0.05) is 19.3 Å². The minimum Gasteiger partial charge on any atom is -0.389 e. The van der Waals surface area contributed by atoms with Crippen molar-refractivity contribution in [2.24, 2.45) is 0 Å². The van der Waals surface area contributed by atoms with Gasteiger partial charge in [-0.15, -0.1) is 0 Å². The second-order valence-corrected chi connectivity index (χ2v) is 6.01. The fourth-order valence-electron chi connectivity index (χ4n) is 3.02. The number of hydrogen-bond acceptors (Lipinski definition) is 5. The third kappa shape index (κ3) is 3.77. The van der Waals surface area contributed by atoms with Crippen molar-refractivity contribution >= 4 is 5.69 Å². The van der Waals surface area contributed by atoms with Gasteiger partial charge in [-0.05, 0) is 26.7 Å². The Hall–Kier alpha value is -1.53.